The molecule has 2 N–H and O–H groups in total. The second kappa shape index (κ2) is 6.16. The predicted molar refractivity (Wildman–Crippen MR) is 64.1 cm³/mol. The fraction of sp³-hybridized carbons (Fsp3) is 0.500. The lowest BCUT2D eigenvalue weighted by Crippen LogP contribution is -2.07. The van der Waals surface area contributed by atoms with Gasteiger partial charge in [0.15, 0.2) is 0 Å². The summed E-state index contributed by atoms with van der Waals surface area (Å²) in [4.78, 5) is 1.13. The molecule has 15 heavy (non-hydrogen) atoms. The van der Waals surface area contributed by atoms with Gasteiger partial charge in [0.25, 0.3) is 0 Å². The van der Waals surface area contributed by atoms with Crippen LogP contribution in [0.3, 0.4) is 0 Å². The lowest BCUT2D eigenvalue weighted by Gasteiger charge is -2.08. The van der Waals surface area contributed by atoms with Crippen molar-refractivity contribution >= 4 is 11.8 Å². The molecule has 0 spiro atoms. The van der Waals surface area contributed by atoms with Crippen LogP contribution in [0.4, 0.5) is 0 Å². The van der Waals surface area contributed by atoms with E-state index in [4.69, 9.17) is 0 Å². The van der Waals surface area contributed by atoms with Crippen LogP contribution in [0.2, 0.25) is 0 Å². The molecule has 2 unspecified atom stereocenters. The summed E-state index contributed by atoms with van der Waals surface area (Å²) in [6, 6.07) is 7.81. The number of hydrogen-bond acceptors (Lipinski definition) is 3. The van der Waals surface area contributed by atoms with Gasteiger partial charge in [-0.1, -0.05) is 19.1 Å². The Kier molecular flexibility index (Phi) is 5.15. The van der Waals surface area contributed by atoms with E-state index in [0.29, 0.717) is 0 Å². The van der Waals surface area contributed by atoms with E-state index in [-0.39, 0.29) is 6.10 Å². The quantitative estimate of drug-likeness (QED) is 0.758. The Hall–Kier alpha value is -0.510. The lowest BCUT2D eigenvalue weighted by molar-refractivity contribution is 0.195. The predicted octanol–water partition coefficient (Wildman–Crippen LogP) is 2.60. The minimum atomic E-state index is -0.412. The largest absolute Gasteiger partial charge is 0.392 e. The molecule has 2 nitrogen and oxygen atoms in total. The molecular formula is C12H18O2S. The Balaban J connectivity index is 2.50. The molecule has 0 aromatic heterocycles. The molecule has 0 heterocycles. The summed E-state index contributed by atoms with van der Waals surface area (Å²) in [7, 11) is 0. The molecule has 1 rings (SSSR count). The summed E-state index contributed by atoms with van der Waals surface area (Å²) >= 11 is 1.64. The number of rotatable bonds is 5. The topological polar surface area (TPSA) is 40.5 Å². The highest BCUT2D eigenvalue weighted by Gasteiger charge is 2.03. The van der Waals surface area contributed by atoms with Crippen LogP contribution < -0.4 is 0 Å². The summed E-state index contributed by atoms with van der Waals surface area (Å²) in [5, 5.41) is 18.7. The van der Waals surface area contributed by atoms with Gasteiger partial charge in [-0.3, -0.25) is 0 Å². The first kappa shape index (κ1) is 12.6. The SMILES string of the molecule is CCC(O)CSc1ccc(C(C)O)cc1. The van der Waals surface area contributed by atoms with Crippen LogP contribution in [-0.4, -0.2) is 22.1 Å². The summed E-state index contributed by atoms with van der Waals surface area (Å²) in [6.45, 7) is 3.73. The van der Waals surface area contributed by atoms with E-state index in [9.17, 15) is 10.2 Å². The maximum atomic E-state index is 9.40. The molecule has 2 atom stereocenters. The number of benzene rings is 1. The minimum Gasteiger partial charge on any atom is -0.392 e. The zero-order chi connectivity index (χ0) is 11.3. The third-order valence-electron chi connectivity index (χ3n) is 2.28. The van der Waals surface area contributed by atoms with E-state index in [0.717, 1.165) is 22.6 Å². The summed E-state index contributed by atoms with van der Waals surface area (Å²) in [5.41, 5.74) is 0.926. The monoisotopic (exact) mass is 226 g/mol. The van der Waals surface area contributed by atoms with Crippen molar-refractivity contribution in [3.63, 3.8) is 0 Å². The first-order valence-corrected chi connectivity index (χ1v) is 6.21. The van der Waals surface area contributed by atoms with Crippen molar-refractivity contribution in [2.45, 2.75) is 37.4 Å². The molecule has 1 aromatic carbocycles. The van der Waals surface area contributed by atoms with E-state index >= 15 is 0 Å². The molecule has 0 aliphatic rings. The summed E-state index contributed by atoms with van der Waals surface area (Å²) in [6.07, 6.45) is 0.149. The molecule has 0 aliphatic heterocycles. The molecule has 84 valence electrons. The zero-order valence-electron chi connectivity index (χ0n) is 9.18. The van der Waals surface area contributed by atoms with Crippen molar-refractivity contribution in [2.24, 2.45) is 0 Å². The van der Waals surface area contributed by atoms with E-state index in [1.807, 2.05) is 31.2 Å². The molecule has 1 aromatic rings. The second-order valence-corrected chi connectivity index (χ2v) is 4.71. The van der Waals surface area contributed by atoms with E-state index in [2.05, 4.69) is 0 Å². The number of aliphatic hydroxyl groups excluding tert-OH is 2. The fourth-order valence-electron chi connectivity index (χ4n) is 1.15. The van der Waals surface area contributed by atoms with Gasteiger partial charge in [0.2, 0.25) is 0 Å². The van der Waals surface area contributed by atoms with Gasteiger partial charge in [0, 0.05) is 10.6 Å². The smallest absolute Gasteiger partial charge is 0.0761 e. The average Bonchev–Trinajstić information content (AvgIpc) is 2.26. The Morgan fingerprint density at radius 2 is 1.80 bits per heavy atom. The standard InChI is InChI=1S/C12H18O2S/c1-3-11(14)8-15-12-6-4-10(5-7-12)9(2)13/h4-7,9,11,13-14H,3,8H2,1-2H3. The molecule has 0 saturated carbocycles. The Morgan fingerprint density at radius 3 is 2.27 bits per heavy atom. The van der Waals surface area contributed by atoms with Crippen molar-refractivity contribution in [3.8, 4) is 0 Å². The van der Waals surface area contributed by atoms with Gasteiger partial charge in [-0.05, 0) is 31.0 Å². The number of thioether (sulfide) groups is 1. The van der Waals surface area contributed by atoms with Gasteiger partial charge in [0.1, 0.15) is 0 Å². The first-order valence-electron chi connectivity index (χ1n) is 5.22. The van der Waals surface area contributed by atoms with Gasteiger partial charge in [-0.15, -0.1) is 11.8 Å². The third-order valence-corrected chi connectivity index (χ3v) is 3.43. The molecule has 0 saturated heterocycles. The third kappa shape index (κ3) is 4.24. The molecule has 0 fully saturated rings. The van der Waals surface area contributed by atoms with Gasteiger partial charge < -0.3 is 10.2 Å². The van der Waals surface area contributed by atoms with Crippen LogP contribution in [-0.2, 0) is 0 Å². The number of aliphatic hydroxyl groups is 2. The van der Waals surface area contributed by atoms with Crippen LogP contribution in [0, 0.1) is 0 Å². The van der Waals surface area contributed by atoms with E-state index in [1.165, 1.54) is 0 Å². The highest BCUT2D eigenvalue weighted by Crippen LogP contribution is 2.21. The Morgan fingerprint density at radius 1 is 1.20 bits per heavy atom. The number of hydrogen-bond donors (Lipinski definition) is 2. The van der Waals surface area contributed by atoms with E-state index < -0.39 is 6.10 Å². The molecule has 0 bridgehead atoms. The maximum absolute atomic E-state index is 9.40. The molecule has 3 heteroatoms. The molecule has 0 radical (unpaired) electrons. The first-order chi connectivity index (χ1) is 7.13. The van der Waals surface area contributed by atoms with E-state index in [1.54, 1.807) is 18.7 Å². The average molecular weight is 226 g/mol. The highest BCUT2D eigenvalue weighted by atomic mass is 32.2. The van der Waals surface area contributed by atoms with Crippen molar-refractivity contribution < 1.29 is 10.2 Å². The normalized spacial score (nSPS) is 14.9. The highest BCUT2D eigenvalue weighted by molar-refractivity contribution is 7.99. The van der Waals surface area contributed by atoms with Crippen LogP contribution in [0.1, 0.15) is 31.9 Å². The zero-order valence-corrected chi connectivity index (χ0v) is 10.00. The molecule has 0 amide bonds. The Bertz CT molecular complexity index is 282. The van der Waals surface area contributed by atoms with Crippen molar-refractivity contribution in [2.75, 3.05) is 5.75 Å². The van der Waals surface area contributed by atoms with Crippen LogP contribution in [0.15, 0.2) is 29.2 Å². The van der Waals surface area contributed by atoms with Crippen molar-refractivity contribution in [1.82, 2.24) is 0 Å². The van der Waals surface area contributed by atoms with Crippen molar-refractivity contribution in [1.29, 1.82) is 0 Å². The second-order valence-electron chi connectivity index (χ2n) is 3.62. The molecular weight excluding hydrogens is 208 g/mol. The van der Waals surface area contributed by atoms with Gasteiger partial charge >= 0.3 is 0 Å². The van der Waals surface area contributed by atoms with Gasteiger partial charge in [-0.2, -0.15) is 0 Å². The van der Waals surface area contributed by atoms with Crippen LogP contribution in [0.5, 0.6) is 0 Å². The lowest BCUT2D eigenvalue weighted by atomic mass is 10.1. The fourth-order valence-corrected chi connectivity index (χ4v) is 2.10. The van der Waals surface area contributed by atoms with Crippen LogP contribution >= 0.6 is 11.8 Å². The van der Waals surface area contributed by atoms with Gasteiger partial charge in [-0.25, -0.2) is 0 Å². The summed E-state index contributed by atoms with van der Waals surface area (Å²) in [5.74, 6) is 0.727. The Labute approximate surface area is 95.3 Å². The van der Waals surface area contributed by atoms with Crippen molar-refractivity contribution in [3.05, 3.63) is 29.8 Å². The maximum Gasteiger partial charge on any atom is 0.0761 e. The van der Waals surface area contributed by atoms with Crippen LogP contribution in [0.25, 0.3) is 0 Å². The molecule has 0 aliphatic carbocycles. The minimum absolute atomic E-state index is 0.230. The summed E-state index contributed by atoms with van der Waals surface area (Å²) < 4.78 is 0. The van der Waals surface area contributed by atoms with Gasteiger partial charge in [0.05, 0.1) is 12.2 Å².